The number of piperazine rings is 2. The van der Waals surface area contributed by atoms with Crippen molar-refractivity contribution in [1.29, 1.82) is 0 Å². The Morgan fingerprint density at radius 1 is 1.00 bits per heavy atom. The molecule has 2 unspecified atom stereocenters. The van der Waals surface area contributed by atoms with Gasteiger partial charge >= 0.3 is 0 Å². The normalized spacial score (nSPS) is 22.6. The molecule has 0 radical (unpaired) electrons. The zero-order valence-electron chi connectivity index (χ0n) is 17.4. The molecule has 0 aromatic heterocycles. The third-order valence-corrected chi connectivity index (χ3v) is 6.62. The third-order valence-electron chi connectivity index (χ3n) is 6.39. The Kier molecular flexibility index (Phi) is 7.09. The lowest BCUT2D eigenvalue weighted by Gasteiger charge is -2.45. The van der Waals surface area contributed by atoms with Crippen LogP contribution >= 0.6 is 11.6 Å². The molecule has 2 aliphatic heterocycles. The van der Waals surface area contributed by atoms with Gasteiger partial charge in [0.15, 0.2) is 0 Å². The van der Waals surface area contributed by atoms with Gasteiger partial charge in [-0.05, 0) is 30.2 Å². The number of nitrogens with one attached hydrogen (secondary N) is 1. The van der Waals surface area contributed by atoms with E-state index < -0.39 is 0 Å². The van der Waals surface area contributed by atoms with Crippen LogP contribution in [0.2, 0.25) is 5.02 Å². The molecule has 2 saturated heterocycles. The maximum Gasteiger partial charge on any atom is 0.0426 e. The highest BCUT2D eigenvalue weighted by atomic mass is 35.5. The first-order valence-corrected chi connectivity index (χ1v) is 11.3. The van der Waals surface area contributed by atoms with Gasteiger partial charge in [-0.3, -0.25) is 9.80 Å². The predicted octanol–water partition coefficient (Wildman–Crippen LogP) is 3.71. The van der Waals surface area contributed by atoms with Gasteiger partial charge in [0.25, 0.3) is 0 Å². The summed E-state index contributed by atoms with van der Waals surface area (Å²) in [6.07, 6.45) is 1.18. The number of rotatable bonds is 6. The molecule has 4 nitrogen and oxygen atoms in total. The topological polar surface area (TPSA) is 21.8 Å². The molecule has 4 rings (SSSR count). The Morgan fingerprint density at radius 2 is 1.79 bits per heavy atom. The van der Waals surface area contributed by atoms with Crippen LogP contribution in [0.25, 0.3) is 0 Å². The minimum Gasteiger partial charge on any atom is -0.369 e. The van der Waals surface area contributed by atoms with Gasteiger partial charge in [0.1, 0.15) is 0 Å². The smallest absolute Gasteiger partial charge is 0.0426 e. The van der Waals surface area contributed by atoms with E-state index in [4.69, 9.17) is 11.6 Å². The summed E-state index contributed by atoms with van der Waals surface area (Å²) in [5.41, 5.74) is 2.66. The Labute approximate surface area is 180 Å². The molecule has 2 fully saturated rings. The summed E-state index contributed by atoms with van der Waals surface area (Å²) < 4.78 is 0. The summed E-state index contributed by atoms with van der Waals surface area (Å²) >= 11 is 6.23. The van der Waals surface area contributed by atoms with Gasteiger partial charge in [-0.1, -0.05) is 54.9 Å². The predicted molar refractivity (Wildman–Crippen MR) is 123 cm³/mol. The summed E-state index contributed by atoms with van der Waals surface area (Å²) in [5, 5.41) is 4.62. The highest BCUT2D eigenvalue weighted by Crippen LogP contribution is 2.23. The van der Waals surface area contributed by atoms with Crippen LogP contribution in [0.1, 0.15) is 18.9 Å². The maximum absolute atomic E-state index is 6.23. The lowest BCUT2D eigenvalue weighted by Crippen LogP contribution is -2.62. The Morgan fingerprint density at radius 3 is 2.52 bits per heavy atom. The van der Waals surface area contributed by atoms with E-state index >= 15 is 0 Å². The Hall–Kier alpha value is -1.59. The molecule has 0 amide bonds. The van der Waals surface area contributed by atoms with Crippen LogP contribution in [0.3, 0.4) is 0 Å². The van der Waals surface area contributed by atoms with Crippen molar-refractivity contribution < 1.29 is 0 Å². The van der Waals surface area contributed by atoms with Crippen molar-refractivity contribution in [3.05, 3.63) is 65.2 Å². The molecule has 2 aromatic rings. The first kappa shape index (κ1) is 20.7. The number of hydrogen-bond donors (Lipinski definition) is 1. The standard InChI is InChI=1S/C24H33ClN4/c1-2-24(23-19-29(12-11-26-23)22-10-6-9-21(25)17-22)28-15-13-27(14-16-28)18-20-7-4-3-5-8-20/h3-10,17,23-24,26H,2,11-16,18-19H2,1H3. The highest BCUT2D eigenvalue weighted by molar-refractivity contribution is 6.30. The fourth-order valence-corrected chi connectivity index (χ4v) is 5.02. The van der Waals surface area contributed by atoms with Gasteiger partial charge in [0.05, 0.1) is 0 Å². The van der Waals surface area contributed by atoms with Crippen LogP contribution in [0.15, 0.2) is 54.6 Å². The molecule has 5 heteroatoms. The molecule has 0 aliphatic carbocycles. The van der Waals surface area contributed by atoms with Crippen LogP contribution < -0.4 is 10.2 Å². The van der Waals surface area contributed by atoms with Crippen molar-refractivity contribution in [3.63, 3.8) is 0 Å². The van der Waals surface area contributed by atoms with Crippen LogP contribution in [-0.2, 0) is 6.54 Å². The molecule has 0 saturated carbocycles. The first-order chi connectivity index (χ1) is 14.2. The molecule has 2 heterocycles. The van der Waals surface area contributed by atoms with Gasteiger partial charge in [0, 0.05) is 75.2 Å². The lowest BCUT2D eigenvalue weighted by atomic mass is 9.99. The van der Waals surface area contributed by atoms with E-state index in [1.165, 1.54) is 17.7 Å². The number of anilines is 1. The van der Waals surface area contributed by atoms with Gasteiger partial charge < -0.3 is 10.2 Å². The van der Waals surface area contributed by atoms with Gasteiger partial charge in [-0.15, -0.1) is 0 Å². The van der Waals surface area contributed by atoms with Crippen LogP contribution in [-0.4, -0.2) is 67.7 Å². The average molecular weight is 413 g/mol. The van der Waals surface area contributed by atoms with E-state index in [1.807, 2.05) is 6.07 Å². The van der Waals surface area contributed by atoms with Crippen molar-refractivity contribution in [3.8, 4) is 0 Å². The van der Waals surface area contributed by atoms with E-state index in [1.54, 1.807) is 0 Å². The van der Waals surface area contributed by atoms with Crippen LogP contribution in [0.4, 0.5) is 5.69 Å². The third kappa shape index (κ3) is 5.32. The summed E-state index contributed by atoms with van der Waals surface area (Å²) in [5.74, 6) is 0. The van der Waals surface area contributed by atoms with E-state index in [0.29, 0.717) is 12.1 Å². The van der Waals surface area contributed by atoms with Gasteiger partial charge in [-0.2, -0.15) is 0 Å². The molecule has 29 heavy (non-hydrogen) atoms. The van der Waals surface area contributed by atoms with E-state index in [0.717, 1.165) is 57.4 Å². The number of hydrogen-bond acceptors (Lipinski definition) is 4. The average Bonchev–Trinajstić information content (AvgIpc) is 2.76. The van der Waals surface area contributed by atoms with Crippen LogP contribution in [0, 0.1) is 0 Å². The second kappa shape index (κ2) is 9.94. The quantitative estimate of drug-likeness (QED) is 0.780. The van der Waals surface area contributed by atoms with E-state index in [-0.39, 0.29) is 0 Å². The minimum atomic E-state index is 0.494. The van der Waals surface area contributed by atoms with Gasteiger partial charge in [0.2, 0.25) is 0 Å². The maximum atomic E-state index is 6.23. The summed E-state index contributed by atoms with van der Waals surface area (Å²) in [6.45, 7) is 11.1. The Balaban J connectivity index is 1.34. The molecule has 2 aromatic carbocycles. The molecule has 0 bridgehead atoms. The molecule has 2 atom stereocenters. The van der Waals surface area contributed by atoms with Crippen LogP contribution in [0.5, 0.6) is 0 Å². The Bertz CT molecular complexity index is 760. The largest absolute Gasteiger partial charge is 0.369 e. The molecular formula is C24H33ClN4. The second-order valence-electron chi connectivity index (χ2n) is 8.26. The van der Waals surface area contributed by atoms with Crippen molar-refractivity contribution in [1.82, 2.24) is 15.1 Å². The highest BCUT2D eigenvalue weighted by Gasteiger charge is 2.32. The fraction of sp³-hybridized carbons (Fsp3) is 0.500. The summed E-state index contributed by atoms with van der Waals surface area (Å²) in [4.78, 5) is 7.78. The van der Waals surface area contributed by atoms with Crippen molar-refractivity contribution >= 4 is 17.3 Å². The monoisotopic (exact) mass is 412 g/mol. The minimum absolute atomic E-state index is 0.494. The van der Waals surface area contributed by atoms with E-state index in [9.17, 15) is 0 Å². The van der Waals surface area contributed by atoms with Gasteiger partial charge in [-0.25, -0.2) is 0 Å². The molecule has 1 N–H and O–H groups in total. The zero-order chi connectivity index (χ0) is 20.1. The molecular weight excluding hydrogens is 380 g/mol. The second-order valence-corrected chi connectivity index (χ2v) is 8.70. The number of nitrogens with zero attached hydrogens (tertiary/aromatic N) is 3. The van der Waals surface area contributed by atoms with E-state index in [2.05, 4.69) is 75.5 Å². The summed E-state index contributed by atoms with van der Waals surface area (Å²) in [7, 11) is 0. The molecule has 156 valence electrons. The molecule has 2 aliphatic rings. The fourth-order valence-electron chi connectivity index (χ4n) is 4.84. The van der Waals surface area contributed by atoms with Crippen molar-refractivity contribution in [2.24, 2.45) is 0 Å². The SMILES string of the molecule is CCC(C1CN(c2cccc(Cl)c2)CCN1)N1CCN(Cc2ccccc2)CC1. The van der Waals surface area contributed by atoms with Crippen molar-refractivity contribution in [2.75, 3.05) is 50.7 Å². The summed E-state index contributed by atoms with van der Waals surface area (Å²) in [6, 6.07) is 20.2. The van der Waals surface area contributed by atoms with Crippen molar-refractivity contribution in [2.45, 2.75) is 32.0 Å². The number of halogens is 1. The molecule has 0 spiro atoms. The number of benzene rings is 2. The lowest BCUT2D eigenvalue weighted by molar-refractivity contribution is 0.0716. The zero-order valence-corrected chi connectivity index (χ0v) is 18.2. The first-order valence-electron chi connectivity index (χ1n) is 11.0.